The van der Waals surface area contributed by atoms with Crippen LogP contribution in [0.25, 0.3) is 0 Å². The normalized spacial score (nSPS) is 16.0. The molecule has 2 aromatic rings. The fourth-order valence-corrected chi connectivity index (χ4v) is 4.50. The molecule has 1 aliphatic heterocycles. The first-order valence-corrected chi connectivity index (χ1v) is 10.7. The third-order valence-electron chi connectivity index (χ3n) is 4.35. The zero-order valence-electron chi connectivity index (χ0n) is 14.5. The molecule has 0 saturated heterocycles. The molecular weight excluding hydrogens is 369 g/mol. The number of hydrogen-bond donors (Lipinski definition) is 1. The van der Waals surface area contributed by atoms with Crippen molar-refractivity contribution in [3.8, 4) is 0 Å². The number of hydrogen-bond acceptors (Lipinski definition) is 4. The highest BCUT2D eigenvalue weighted by atomic mass is 32.2. The van der Waals surface area contributed by atoms with Gasteiger partial charge in [0.15, 0.2) is 5.78 Å². The molecule has 0 unspecified atom stereocenters. The summed E-state index contributed by atoms with van der Waals surface area (Å²) in [5.74, 6) is 0.305. The summed E-state index contributed by atoms with van der Waals surface area (Å²) in [4.78, 5) is 26.2. The van der Waals surface area contributed by atoms with E-state index in [-0.39, 0.29) is 36.4 Å². The van der Waals surface area contributed by atoms with Gasteiger partial charge in [-0.1, -0.05) is 24.3 Å². The second kappa shape index (κ2) is 8.73. The van der Waals surface area contributed by atoms with E-state index in [4.69, 9.17) is 0 Å². The summed E-state index contributed by atoms with van der Waals surface area (Å²) in [6.45, 7) is 0. The summed E-state index contributed by atoms with van der Waals surface area (Å²) >= 11 is 3.10. The quantitative estimate of drug-likeness (QED) is 0.566. The van der Waals surface area contributed by atoms with Crippen molar-refractivity contribution >= 4 is 35.2 Å². The number of thioether (sulfide) groups is 2. The first kappa shape index (κ1) is 19.0. The Balaban J connectivity index is 1.56. The number of amides is 1. The molecule has 3 rings (SSSR count). The van der Waals surface area contributed by atoms with Crippen LogP contribution in [0.5, 0.6) is 0 Å². The molecule has 3 nitrogen and oxygen atoms in total. The van der Waals surface area contributed by atoms with E-state index in [1.807, 2.05) is 24.5 Å². The van der Waals surface area contributed by atoms with E-state index in [2.05, 4.69) is 5.32 Å². The summed E-state index contributed by atoms with van der Waals surface area (Å²) in [5, 5.41) is 2.95. The van der Waals surface area contributed by atoms with Crippen LogP contribution in [-0.2, 0) is 4.79 Å². The van der Waals surface area contributed by atoms with Gasteiger partial charge >= 0.3 is 0 Å². The zero-order valence-corrected chi connectivity index (χ0v) is 16.1. The molecule has 6 heteroatoms. The number of rotatable bonds is 6. The molecule has 1 amide bonds. The number of nitrogens with one attached hydrogen (secondary N) is 1. The average Bonchev–Trinajstić information content (AvgIpc) is 2.67. The van der Waals surface area contributed by atoms with E-state index in [0.29, 0.717) is 10.5 Å². The molecule has 1 heterocycles. The zero-order chi connectivity index (χ0) is 18.5. The van der Waals surface area contributed by atoms with Gasteiger partial charge < -0.3 is 5.32 Å². The maximum Gasteiger partial charge on any atom is 0.220 e. The van der Waals surface area contributed by atoms with Gasteiger partial charge in [-0.2, -0.15) is 0 Å². The van der Waals surface area contributed by atoms with Crippen LogP contribution < -0.4 is 5.32 Å². The maximum atomic E-state index is 13.9. The van der Waals surface area contributed by atoms with Crippen LogP contribution in [0.3, 0.4) is 0 Å². The third kappa shape index (κ3) is 4.48. The lowest BCUT2D eigenvalue weighted by Gasteiger charge is -2.26. The lowest BCUT2D eigenvalue weighted by atomic mass is 10.0. The topological polar surface area (TPSA) is 46.2 Å². The van der Waals surface area contributed by atoms with Crippen molar-refractivity contribution in [3.63, 3.8) is 0 Å². The molecule has 0 spiro atoms. The molecule has 0 radical (unpaired) electrons. The van der Waals surface area contributed by atoms with E-state index < -0.39 is 0 Å². The molecule has 1 aliphatic rings. The summed E-state index contributed by atoms with van der Waals surface area (Å²) in [6, 6.07) is 12.2. The lowest BCUT2D eigenvalue weighted by Crippen LogP contribution is -2.31. The molecule has 26 heavy (non-hydrogen) atoms. The number of ketones is 1. The molecular formula is C20H20FNO2S2. The van der Waals surface area contributed by atoms with Crippen molar-refractivity contribution in [2.24, 2.45) is 0 Å². The van der Waals surface area contributed by atoms with Crippen LogP contribution in [0.4, 0.5) is 4.39 Å². The smallest absolute Gasteiger partial charge is 0.220 e. The van der Waals surface area contributed by atoms with Crippen LogP contribution in [0.15, 0.2) is 52.3 Å². The van der Waals surface area contributed by atoms with Crippen LogP contribution in [-0.4, -0.2) is 23.7 Å². The predicted octanol–water partition coefficient (Wildman–Crippen LogP) is 4.86. The van der Waals surface area contributed by atoms with Gasteiger partial charge in [0.2, 0.25) is 5.91 Å². The Labute approximate surface area is 161 Å². The predicted molar refractivity (Wildman–Crippen MR) is 104 cm³/mol. The third-order valence-corrected chi connectivity index (χ3v) is 6.25. The Bertz CT molecular complexity index is 808. The molecule has 0 aliphatic carbocycles. The lowest BCUT2D eigenvalue weighted by molar-refractivity contribution is -0.121. The van der Waals surface area contributed by atoms with Gasteiger partial charge in [0.05, 0.1) is 6.04 Å². The Morgan fingerprint density at radius 2 is 1.96 bits per heavy atom. The fraction of sp³-hybridized carbons (Fsp3) is 0.300. The van der Waals surface area contributed by atoms with Gasteiger partial charge in [0.25, 0.3) is 0 Å². The Morgan fingerprint density at radius 1 is 1.19 bits per heavy atom. The molecule has 0 saturated carbocycles. The van der Waals surface area contributed by atoms with E-state index in [1.165, 1.54) is 17.8 Å². The summed E-state index contributed by atoms with van der Waals surface area (Å²) < 4.78 is 13.9. The number of Topliss-reactive ketones (excluding diaryl/α,β-unsaturated/α-hetero) is 1. The van der Waals surface area contributed by atoms with Crippen LogP contribution in [0.2, 0.25) is 0 Å². The maximum absolute atomic E-state index is 13.9. The standard InChI is InChI=1S/C20H20FNO2S2/c1-25-14-7-5-13(6-8-14)18(23)9-10-19(24)22-17-11-12-26-20-15(17)3-2-4-16(20)21/h2-8,17H,9-12H2,1H3,(H,22,24)/t17-/m0/s1. The molecule has 0 bridgehead atoms. The number of benzene rings is 2. The monoisotopic (exact) mass is 389 g/mol. The summed E-state index contributed by atoms with van der Waals surface area (Å²) in [7, 11) is 0. The number of fused-ring (bicyclic) bond motifs is 1. The van der Waals surface area contributed by atoms with Gasteiger partial charge in [0, 0.05) is 33.9 Å². The minimum Gasteiger partial charge on any atom is -0.349 e. The molecule has 136 valence electrons. The molecule has 0 aromatic heterocycles. The highest BCUT2D eigenvalue weighted by Gasteiger charge is 2.24. The second-order valence-electron chi connectivity index (χ2n) is 6.07. The number of halogens is 1. The van der Waals surface area contributed by atoms with Crippen molar-refractivity contribution in [1.29, 1.82) is 0 Å². The van der Waals surface area contributed by atoms with E-state index in [1.54, 1.807) is 30.0 Å². The minimum atomic E-state index is -0.240. The Morgan fingerprint density at radius 3 is 2.69 bits per heavy atom. The van der Waals surface area contributed by atoms with E-state index in [9.17, 15) is 14.0 Å². The second-order valence-corrected chi connectivity index (χ2v) is 8.05. The van der Waals surface area contributed by atoms with Gasteiger partial charge in [-0.25, -0.2) is 4.39 Å². The van der Waals surface area contributed by atoms with Crippen LogP contribution in [0, 0.1) is 5.82 Å². The van der Waals surface area contributed by atoms with Crippen molar-refractivity contribution in [3.05, 3.63) is 59.4 Å². The van der Waals surface area contributed by atoms with Gasteiger partial charge in [-0.15, -0.1) is 23.5 Å². The molecule has 1 N–H and O–H groups in total. The molecule has 2 aromatic carbocycles. The number of carbonyl (C=O) groups is 2. The van der Waals surface area contributed by atoms with Gasteiger partial charge in [-0.3, -0.25) is 9.59 Å². The first-order chi connectivity index (χ1) is 12.6. The molecule has 1 atom stereocenters. The summed E-state index contributed by atoms with van der Waals surface area (Å²) in [6.07, 6.45) is 3.05. The van der Waals surface area contributed by atoms with Crippen molar-refractivity contribution in [2.45, 2.75) is 35.1 Å². The first-order valence-electron chi connectivity index (χ1n) is 8.46. The molecule has 0 fully saturated rings. The largest absolute Gasteiger partial charge is 0.349 e. The average molecular weight is 390 g/mol. The summed E-state index contributed by atoms with van der Waals surface area (Å²) in [5.41, 5.74) is 1.45. The Hall–Kier alpha value is -1.79. The Kier molecular flexibility index (Phi) is 6.38. The highest BCUT2D eigenvalue weighted by molar-refractivity contribution is 7.99. The van der Waals surface area contributed by atoms with E-state index >= 15 is 0 Å². The fourth-order valence-electron chi connectivity index (χ4n) is 2.95. The van der Waals surface area contributed by atoms with Crippen LogP contribution in [0.1, 0.15) is 41.2 Å². The minimum absolute atomic E-state index is 0.0431. The number of carbonyl (C=O) groups excluding carboxylic acids is 2. The van der Waals surface area contributed by atoms with E-state index in [0.717, 1.165) is 22.6 Å². The van der Waals surface area contributed by atoms with Gasteiger partial charge in [0.1, 0.15) is 5.82 Å². The van der Waals surface area contributed by atoms with Crippen molar-refractivity contribution < 1.29 is 14.0 Å². The van der Waals surface area contributed by atoms with Crippen molar-refractivity contribution in [1.82, 2.24) is 5.32 Å². The van der Waals surface area contributed by atoms with Gasteiger partial charge in [-0.05, 0) is 36.4 Å². The SMILES string of the molecule is CSc1ccc(C(=O)CCC(=O)N[C@H]2CCSc3c(F)cccc32)cc1. The van der Waals surface area contributed by atoms with Crippen molar-refractivity contribution in [2.75, 3.05) is 12.0 Å². The highest BCUT2D eigenvalue weighted by Crippen LogP contribution is 2.37. The van der Waals surface area contributed by atoms with Crippen LogP contribution >= 0.6 is 23.5 Å².